The first-order chi connectivity index (χ1) is 12.7. The summed E-state index contributed by atoms with van der Waals surface area (Å²) >= 11 is 0. The van der Waals surface area contributed by atoms with Crippen molar-refractivity contribution in [2.24, 2.45) is 0 Å². The van der Waals surface area contributed by atoms with Crippen molar-refractivity contribution in [3.63, 3.8) is 0 Å². The molecule has 0 bridgehead atoms. The Bertz CT molecular complexity index is 726. The average Bonchev–Trinajstić information content (AvgIpc) is 2.66. The zero-order valence-corrected chi connectivity index (χ0v) is 16.0. The number of fused-ring (bicyclic) bond motifs is 1. The second-order valence-electron chi connectivity index (χ2n) is 7.39. The van der Waals surface area contributed by atoms with E-state index >= 15 is 0 Å². The molecule has 1 atom stereocenters. The maximum Gasteiger partial charge on any atom is 0.224 e. The summed E-state index contributed by atoms with van der Waals surface area (Å²) < 4.78 is 0. The SMILES string of the molecule is CCCCCCC(=O)Nc1cccc2c1CN(C)CC2c1ccccc1. The second-order valence-corrected chi connectivity index (χ2v) is 7.39. The molecule has 0 aromatic heterocycles. The van der Waals surface area contributed by atoms with Crippen molar-refractivity contribution in [2.45, 2.75) is 51.5 Å². The molecule has 2 aromatic carbocycles. The summed E-state index contributed by atoms with van der Waals surface area (Å²) in [4.78, 5) is 14.7. The first-order valence-corrected chi connectivity index (χ1v) is 9.84. The number of carbonyl (C=O) groups excluding carboxylic acids is 1. The van der Waals surface area contributed by atoms with Gasteiger partial charge in [-0.05, 0) is 36.2 Å². The summed E-state index contributed by atoms with van der Waals surface area (Å²) in [5.41, 5.74) is 4.92. The first kappa shape index (κ1) is 18.7. The van der Waals surface area contributed by atoms with Crippen molar-refractivity contribution >= 4 is 11.6 Å². The van der Waals surface area contributed by atoms with E-state index in [1.807, 2.05) is 6.07 Å². The van der Waals surface area contributed by atoms with Crippen molar-refractivity contribution in [3.8, 4) is 0 Å². The molecule has 1 aliphatic rings. The number of hydrogen-bond donors (Lipinski definition) is 1. The van der Waals surface area contributed by atoms with Crippen LogP contribution in [0, 0.1) is 0 Å². The number of amides is 1. The molecule has 0 saturated heterocycles. The number of nitrogens with one attached hydrogen (secondary N) is 1. The van der Waals surface area contributed by atoms with Gasteiger partial charge in [0.15, 0.2) is 0 Å². The Morgan fingerprint density at radius 2 is 1.88 bits per heavy atom. The van der Waals surface area contributed by atoms with Crippen LogP contribution >= 0.6 is 0 Å². The lowest BCUT2D eigenvalue weighted by Gasteiger charge is -2.34. The number of rotatable bonds is 7. The summed E-state index contributed by atoms with van der Waals surface area (Å²) in [6.45, 7) is 4.08. The Hall–Kier alpha value is -2.13. The summed E-state index contributed by atoms with van der Waals surface area (Å²) in [6, 6.07) is 17.0. The van der Waals surface area contributed by atoms with Gasteiger partial charge < -0.3 is 10.2 Å². The van der Waals surface area contributed by atoms with E-state index in [2.05, 4.69) is 66.7 Å². The van der Waals surface area contributed by atoms with Crippen molar-refractivity contribution in [2.75, 3.05) is 18.9 Å². The van der Waals surface area contributed by atoms with Crippen LogP contribution in [0.4, 0.5) is 5.69 Å². The number of anilines is 1. The van der Waals surface area contributed by atoms with Gasteiger partial charge in [0.2, 0.25) is 5.91 Å². The smallest absolute Gasteiger partial charge is 0.224 e. The van der Waals surface area contributed by atoms with E-state index in [0.717, 1.165) is 31.6 Å². The summed E-state index contributed by atoms with van der Waals surface area (Å²) in [5, 5.41) is 3.17. The van der Waals surface area contributed by atoms with Crippen LogP contribution < -0.4 is 5.32 Å². The van der Waals surface area contributed by atoms with Crippen LogP contribution in [-0.2, 0) is 11.3 Å². The molecule has 3 rings (SSSR count). The highest BCUT2D eigenvalue weighted by atomic mass is 16.1. The lowest BCUT2D eigenvalue weighted by molar-refractivity contribution is -0.116. The number of likely N-dealkylation sites (N-methyl/N-ethyl adjacent to an activating group) is 1. The van der Waals surface area contributed by atoms with Gasteiger partial charge in [-0.1, -0.05) is 68.7 Å². The van der Waals surface area contributed by atoms with E-state index in [0.29, 0.717) is 12.3 Å². The van der Waals surface area contributed by atoms with E-state index in [-0.39, 0.29) is 5.91 Å². The third kappa shape index (κ3) is 4.53. The molecule has 1 unspecified atom stereocenters. The number of nitrogens with zero attached hydrogens (tertiary/aromatic N) is 1. The van der Waals surface area contributed by atoms with Gasteiger partial charge in [-0.25, -0.2) is 0 Å². The van der Waals surface area contributed by atoms with Crippen molar-refractivity contribution in [1.29, 1.82) is 0 Å². The van der Waals surface area contributed by atoms with Crippen LogP contribution in [0.2, 0.25) is 0 Å². The average molecular weight is 351 g/mol. The molecule has 0 spiro atoms. The maximum atomic E-state index is 12.4. The van der Waals surface area contributed by atoms with Crippen LogP contribution in [0.5, 0.6) is 0 Å². The van der Waals surface area contributed by atoms with Crippen molar-refractivity contribution < 1.29 is 4.79 Å². The molecule has 1 aliphatic heterocycles. The van der Waals surface area contributed by atoms with E-state index in [4.69, 9.17) is 0 Å². The highest BCUT2D eigenvalue weighted by Crippen LogP contribution is 2.36. The number of hydrogen-bond acceptors (Lipinski definition) is 2. The molecule has 0 fully saturated rings. The van der Waals surface area contributed by atoms with Gasteiger partial charge in [-0.15, -0.1) is 0 Å². The van der Waals surface area contributed by atoms with Crippen LogP contribution in [-0.4, -0.2) is 24.4 Å². The minimum absolute atomic E-state index is 0.138. The van der Waals surface area contributed by atoms with E-state index < -0.39 is 0 Å². The Labute approximate surface area is 157 Å². The monoisotopic (exact) mass is 350 g/mol. The highest BCUT2D eigenvalue weighted by molar-refractivity contribution is 5.91. The number of unbranched alkanes of at least 4 members (excludes halogenated alkanes) is 3. The zero-order chi connectivity index (χ0) is 18.4. The maximum absolute atomic E-state index is 12.4. The molecule has 3 heteroatoms. The molecule has 3 nitrogen and oxygen atoms in total. The van der Waals surface area contributed by atoms with Gasteiger partial charge in [0.25, 0.3) is 0 Å². The molecule has 138 valence electrons. The minimum atomic E-state index is 0.138. The largest absolute Gasteiger partial charge is 0.326 e. The van der Waals surface area contributed by atoms with Gasteiger partial charge in [-0.2, -0.15) is 0 Å². The van der Waals surface area contributed by atoms with Crippen LogP contribution in [0.1, 0.15) is 61.6 Å². The van der Waals surface area contributed by atoms with E-state index in [1.54, 1.807) is 0 Å². The molecule has 1 N–H and O–H groups in total. The summed E-state index contributed by atoms with van der Waals surface area (Å²) in [7, 11) is 2.15. The quantitative estimate of drug-likeness (QED) is 0.698. The zero-order valence-electron chi connectivity index (χ0n) is 16.0. The van der Waals surface area contributed by atoms with Gasteiger partial charge in [-0.3, -0.25) is 4.79 Å². The molecule has 0 aliphatic carbocycles. The summed E-state index contributed by atoms with van der Waals surface area (Å²) in [5.74, 6) is 0.491. The van der Waals surface area contributed by atoms with Crippen LogP contribution in [0.15, 0.2) is 48.5 Å². The minimum Gasteiger partial charge on any atom is -0.326 e. The number of benzene rings is 2. The van der Waals surface area contributed by atoms with Gasteiger partial charge in [0.05, 0.1) is 0 Å². The highest BCUT2D eigenvalue weighted by Gasteiger charge is 2.26. The fourth-order valence-corrected chi connectivity index (χ4v) is 3.86. The summed E-state index contributed by atoms with van der Waals surface area (Å²) in [6.07, 6.45) is 5.12. The number of carbonyl (C=O) groups is 1. The molecule has 0 radical (unpaired) electrons. The lowest BCUT2D eigenvalue weighted by atomic mass is 9.84. The first-order valence-electron chi connectivity index (χ1n) is 9.84. The third-order valence-corrected chi connectivity index (χ3v) is 5.24. The van der Waals surface area contributed by atoms with Gasteiger partial charge in [0.1, 0.15) is 0 Å². The molecule has 2 aromatic rings. The van der Waals surface area contributed by atoms with E-state index in [1.165, 1.54) is 29.5 Å². The fraction of sp³-hybridized carbons (Fsp3) is 0.435. The molecule has 1 amide bonds. The van der Waals surface area contributed by atoms with E-state index in [9.17, 15) is 4.79 Å². The standard InChI is InChI=1S/C23H30N2O/c1-3-4-5-9-15-23(26)24-22-14-10-13-19-20(16-25(2)17-21(19)22)18-11-7-6-8-12-18/h6-8,10-14,20H,3-5,9,15-17H2,1-2H3,(H,24,26). The predicted molar refractivity (Wildman–Crippen MR) is 108 cm³/mol. The molecule has 0 saturated carbocycles. The molecule has 26 heavy (non-hydrogen) atoms. The fourth-order valence-electron chi connectivity index (χ4n) is 3.86. The second kappa shape index (κ2) is 9.00. The molecule has 1 heterocycles. The van der Waals surface area contributed by atoms with Crippen LogP contribution in [0.25, 0.3) is 0 Å². The Balaban J connectivity index is 1.78. The predicted octanol–water partition coefficient (Wildman–Crippen LogP) is 5.17. The Morgan fingerprint density at radius 1 is 1.08 bits per heavy atom. The third-order valence-electron chi connectivity index (χ3n) is 5.24. The molecular formula is C23H30N2O. The Kier molecular flexibility index (Phi) is 6.45. The Morgan fingerprint density at radius 3 is 2.65 bits per heavy atom. The topological polar surface area (TPSA) is 32.3 Å². The molecular weight excluding hydrogens is 320 g/mol. The van der Waals surface area contributed by atoms with Gasteiger partial charge in [0, 0.05) is 31.1 Å². The van der Waals surface area contributed by atoms with Crippen LogP contribution in [0.3, 0.4) is 0 Å². The lowest BCUT2D eigenvalue weighted by Crippen LogP contribution is -2.32. The van der Waals surface area contributed by atoms with Crippen molar-refractivity contribution in [1.82, 2.24) is 4.90 Å². The van der Waals surface area contributed by atoms with Gasteiger partial charge >= 0.3 is 0 Å². The normalized spacial score (nSPS) is 16.9. The van der Waals surface area contributed by atoms with Crippen molar-refractivity contribution in [3.05, 3.63) is 65.2 Å².